The van der Waals surface area contributed by atoms with Gasteiger partial charge in [0.15, 0.2) is 0 Å². The second kappa shape index (κ2) is 5.45. The Bertz CT molecular complexity index is 628. The lowest BCUT2D eigenvalue weighted by atomic mass is 9.89. The lowest BCUT2D eigenvalue weighted by Crippen LogP contribution is -2.39. The lowest BCUT2D eigenvalue weighted by molar-refractivity contribution is 0.0652. The van der Waals surface area contributed by atoms with Crippen molar-refractivity contribution in [2.75, 3.05) is 0 Å². The van der Waals surface area contributed by atoms with Crippen LogP contribution in [0.3, 0.4) is 0 Å². The van der Waals surface area contributed by atoms with E-state index in [2.05, 4.69) is 10.3 Å². The van der Waals surface area contributed by atoms with Gasteiger partial charge in [-0.1, -0.05) is 12.1 Å². The molecule has 0 fully saturated rings. The van der Waals surface area contributed by atoms with Gasteiger partial charge in [-0.2, -0.15) is 0 Å². The van der Waals surface area contributed by atoms with Crippen molar-refractivity contribution < 1.29 is 9.13 Å². The maximum absolute atomic E-state index is 13.4. The highest BCUT2D eigenvalue weighted by atomic mass is 19.1. The number of aromatic nitrogens is 1. The van der Waals surface area contributed by atoms with Gasteiger partial charge in [-0.15, -0.1) is 0 Å². The number of hydrogen-bond acceptors (Lipinski definition) is 3. The van der Waals surface area contributed by atoms with Gasteiger partial charge in [0.25, 0.3) is 0 Å². The molecule has 1 atom stereocenters. The van der Waals surface area contributed by atoms with E-state index in [4.69, 9.17) is 4.74 Å². The number of benzene rings is 1. The van der Waals surface area contributed by atoms with Crippen molar-refractivity contribution in [3.8, 4) is 5.75 Å². The molecule has 110 valence electrons. The van der Waals surface area contributed by atoms with Crippen molar-refractivity contribution in [1.29, 1.82) is 0 Å². The van der Waals surface area contributed by atoms with Gasteiger partial charge in [-0.25, -0.2) is 4.39 Å². The second-order valence-electron chi connectivity index (χ2n) is 6.04. The summed E-state index contributed by atoms with van der Waals surface area (Å²) in [6, 6.07) is 8.86. The number of nitrogens with zero attached hydrogens (tertiary/aromatic N) is 1. The van der Waals surface area contributed by atoms with E-state index >= 15 is 0 Å². The summed E-state index contributed by atoms with van der Waals surface area (Å²) in [6.45, 7) is 4.78. The third kappa shape index (κ3) is 3.22. The molecular formula is C17H19FN2O. The van der Waals surface area contributed by atoms with Crippen LogP contribution in [0.5, 0.6) is 5.75 Å². The van der Waals surface area contributed by atoms with Gasteiger partial charge in [0.05, 0.1) is 0 Å². The van der Waals surface area contributed by atoms with Crippen LogP contribution in [-0.4, -0.2) is 10.6 Å². The van der Waals surface area contributed by atoms with E-state index in [1.165, 1.54) is 12.1 Å². The molecule has 1 aromatic carbocycles. The molecule has 0 saturated carbocycles. The first-order valence-electron chi connectivity index (χ1n) is 7.14. The summed E-state index contributed by atoms with van der Waals surface area (Å²) in [5.41, 5.74) is 1.83. The molecule has 2 aromatic rings. The summed E-state index contributed by atoms with van der Waals surface area (Å²) in [5.74, 6) is 0.368. The molecule has 3 nitrogen and oxygen atoms in total. The molecule has 1 N–H and O–H groups in total. The van der Waals surface area contributed by atoms with Crippen LogP contribution in [0.2, 0.25) is 0 Å². The Balaban J connectivity index is 1.82. The first-order chi connectivity index (χ1) is 10.0. The zero-order valence-electron chi connectivity index (χ0n) is 12.3. The summed E-state index contributed by atoms with van der Waals surface area (Å²) in [7, 11) is 0. The average molecular weight is 286 g/mol. The Kier molecular flexibility index (Phi) is 3.64. The maximum Gasteiger partial charge on any atom is 0.127 e. The molecule has 0 aliphatic carbocycles. The molecule has 0 bridgehead atoms. The van der Waals surface area contributed by atoms with Gasteiger partial charge < -0.3 is 10.1 Å². The molecule has 0 radical (unpaired) electrons. The Morgan fingerprint density at radius 3 is 3.00 bits per heavy atom. The standard InChI is InChI=1S/C17H19FN2O/c1-17(2)9-15(20-11-12-4-3-7-19-10-12)14-6-5-13(18)8-16(14)21-17/h3-8,10,15,20H,9,11H2,1-2H3. The van der Waals surface area contributed by atoms with Gasteiger partial charge >= 0.3 is 0 Å². The van der Waals surface area contributed by atoms with Gasteiger partial charge in [0, 0.05) is 43.0 Å². The van der Waals surface area contributed by atoms with Crippen LogP contribution in [0.15, 0.2) is 42.7 Å². The van der Waals surface area contributed by atoms with E-state index in [1.54, 1.807) is 12.3 Å². The molecule has 1 aliphatic rings. The van der Waals surface area contributed by atoms with E-state index < -0.39 is 0 Å². The smallest absolute Gasteiger partial charge is 0.127 e. The van der Waals surface area contributed by atoms with E-state index in [0.29, 0.717) is 5.75 Å². The van der Waals surface area contributed by atoms with Crippen LogP contribution in [0, 0.1) is 5.82 Å². The van der Waals surface area contributed by atoms with E-state index in [0.717, 1.165) is 24.1 Å². The van der Waals surface area contributed by atoms with Crippen molar-refractivity contribution in [1.82, 2.24) is 10.3 Å². The zero-order valence-corrected chi connectivity index (χ0v) is 12.3. The lowest BCUT2D eigenvalue weighted by Gasteiger charge is -2.38. The molecule has 1 unspecified atom stereocenters. The van der Waals surface area contributed by atoms with E-state index in [-0.39, 0.29) is 17.5 Å². The summed E-state index contributed by atoms with van der Waals surface area (Å²) >= 11 is 0. The highest BCUT2D eigenvalue weighted by Crippen LogP contribution is 2.39. The SMILES string of the molecule is CC1(C)CC(NCc2cccnc2)c2ccc(F)cc2O1. The largest absolute Gasteiger partial charge is 0.487 e. The van der Waals surface area contributed by atoms with Gasteiger partial charge in [0.2, 0.25) is 0 Å². The molecule has 3 rings (SSSR count). The number of pyridine rings is 1. The van der Waals surface area contributed by atoms with Gasteiger partial charge in [-0.05, 0) is 31.5 Å². The number of fused-ring (bicyclic) bond motifs is 1. The predicted octanol–water partition coefficient (Wildman–Crippen LogP) is 3.61. The first kappa shape index (κ1) is 14.0. The molecule has 2 heterocycles. The number of hydrogen-bond donors (Lipinski definition) is 1. The van der Waals surface area contributed by atoms with Crippen LogP contribution in [0.1, 0.15) is 37.4 Å². The molecule has 0 spiro atoms. The molecular weight excluding hydrogens is 267 g/mol. The summed E-state index contributed by atoms with van der Waals surface area (Å²) in [5, 5.41) is 3.53. The predicted molar refractivity (Wildman–Crippen MR) is 79.5 cm³/mol. The number of halogens is 1. The van der Waals surface area contributed by atoms with Crippen LogP contribution in [0.4, 0.5) is 4.39 Å². The minimum atomic E-state index is -0.312. The third-order valence-electron chi connectivity index (χ3n) is 3.71. The van der Waals surface area contributed by atoms with Gasteiger partial charge in [0.1, 0.15) is 17.2 Å². The number of nitrogens with one attached hydrogen (secondary N) is 1. The quantitative estimate of drug-likeness (QED) is 0.936. The molecule has 0 amide bonds. The first-order valence-corrected chi connectivity index (χ1v) is 7.14. The topological polar surface area (TPSA) is 34.2 Å². The van der Waals surface area contributed by atoms with Crippen molar-refractivity contribution in [2.45, 2.75) is 38.5 Å². The van der Waals surface area contributed by atoms with Crippen molar-refractivity contribution in [2.24, 2.45) is 0 Å². The molecule has 1 aromatic heterocycles. The van der Waals surface area contributed by atoms with Crippen molar-refractivity contribution in [3.05, 3.63) is 59.7 Å². The van der Waals surface area contributed by atoms with Crippen LogP contribution >= 0.6 is 0 Å². The summed E-state index contributed by atoms with van der Waals surface area (Å²) in [4.78, 5) is 4.12. The minimum absolute atomic E-state index is 0.143. The Morgan fingerprint density at radius 2 is 2.24 bits per heavy atom. The maximum atomic E-state index is 13.4. The molecule has 0 saturated heterocycles. The minimum Gasteiger partial charge on any atom is -0.487 e. The van der Waals surface area contributed by atoms with Crippen molar-refractivity contribution in [3.63, 3.8) is 0 Å². The monoisotopic (exact) mass is 286 g/mol. The fourth-order valence-electron chi connectivity index (χ4n) is 2.75. The summed E-state index contributed by atoms with van der Waals surface area (Å²) < 4.78 is 19.3. The Labute approximate surface area is 124 Å². The van der Waals surface area contributed by atoms with Crippen molar-refractivity contribution >= 4 is 0 Å². The summed E-state index contributed by atoms with van der Waals surface area (Å²) in [6.07, 6.45) is 4.45. The van der Waals surface area contributed by atoms with E-state index in [9.17, 15) is 4.39 Å². The average Bonchev–Trinajstić information content (AvgIpc) is 2.44. The highest BCUT2D eigenvalue weighted by molar-refractivity contribution is 5.39. The molecule has 1 aliphatic heterocycles. The van der Waals surface area contributed by atoms with Gasteiger partial charge in [-0.3, -0.25) is 4.98 Å². The van der Waals surface area contributed by atoms with Crippen LogP contribution in [0.25, 0.3) is 0 Å². The number of ether oxygens (including phenoxy) is 1. The fourth-order valence-corrected chi connectivity index (χ4v) is 2.75. The third-order valence-corrected chi connectivity index (χ3v) is 3.71. The zero-order chi connectivity index (χ0) is 14.9. The van der Waals surface area contributed by atoms with Crippen LogP contribution < -0.4 is 10.1 Å². The fraction of sp³-hybridized carbons (Fsp3) is 0.353. The molecule has 21 heavy (non-hydrogen) atoms. The highest BCUT2D eigenvalue weighted by Gasteiger charge is 2.33. The Hall–Kier alpha value is -1.94. The second-order valence-corrected chi connectivity index (χ2v) is 6.04. The molecule has 4 heteroatoms. The van der Waals surface area contributed by atoms with E-state index in [1.807, 2.05) is 32.2 Å². The normalized spacial score (nSPS) is 19.7. The number of rotatable bonds is 3. The van der Waals surface area contributed by atoms with Crippen LogP contribution in [-0.2, 0) is 6.54 Å². The Morgan fingerprint density at radius 1 is 1.38 bits per heavy atom.